The van der Waals surface area contributed by atoms with E-state index in [1.54, 1.807) is 12.1 Å². The number of benzene rings is 2. The second-order valence-electron chi connectivity index (χ2n) is 7.02. The zero-order valence-corrected chi connectivity index (χ0v) is 19.0. The summed E-state index contributed by atoms with van der Waals surface area (Å²) in [6, 6.07) is 9.20. The van der Waals surface area contributed by atoms with Crippen LogP contribution in [-0.4, -0.2) is 33.1 Å². The number of rotatable bonds is 8. The van der Waals surface area contributed by atoms with Crippen LogP contribution in [-0.2, 0) is 30.7 Å². The number of sulfonamides is 1. The number of carbonyl (C=O) groups excluding carboxylic acids is 2. The molecule has 0 spiro atoms. The van der Waals surface area contributed by atoms with E-state index in [0.29, 0.717) is 5.69 Å². The van der Waals surface area contributed by atoms with E-state index in [1.807, 2.05) is 12.1 Å². The first kappa shape index (κ1) is 23.4. The Kier molecular flexibility index (Phi) is 7.46. The molecular formula is C21H21Cl2NO6S. The number of unbranched alkanes of at least 4 members (excludes halogenated alkanes) is 1. The Bertz CT molecular complexity index is 1090. The third kappa shape index (κ3) is 5.70. The van der Waals surface area contributed by atoms with Gasteiger partial charge < -0.3 is 9.47 Å². The molecule has 0 bridgehead atoms. The Labute approximate surface area is 190 Å². The summed E-state index contributed by atoms with van der Waals surface area (Å²) in [6.07, 6.45) is 2.19. The number of cyclic esters (lactones) is 1. The molecule has 1 saturated heterocycles. The van der Waals surface area contributed by atoms with Gasteiger partial charge in [0.15, 0.2) is 0 Å². The van der Waals surface area contributed by atoms with Crippen molar-refractivity contribution in [2.24, 2.45) is 0 Å². The molecule has 2 aromatic carbocycles. The summed E-state index contributed by atoms with van der Waals surface area (Å²) in [7, 11) is -4.12. The Morgan fingerprint density at radius 1 is 1.19 bits per heavy atom. The molecule has 0 saturated carbocycles. The molecule has 10 heteroatoms. The Hall–Kier alpha value is -2.29. The Balaban J connectivity index is 1.82. The van der Waals surface area contributed by atoms with Crippen LogP contribution in [0.2, 0.25) is 10.0 Å². The Morgan fingerprint density at radius 2 is 1.90 bits per heavy atom. The lowest BCUT2D eigenvalue weighted by atomic mass is 10.1. The lowest BCUT2D eigenvalue weighted by Crippen LogP contribution is -2.23. The van der Waals surface area contributed by atoms with Gasteiger partial charge in [0.1, 0.15) is 4.90 Å². The molecule has 1 aliphatic heterocycles. The lowest BCUT2D eigenvalue weighted by molar-refractivity contribution is -0.145. The molecule has 0 aliphatic carbocycles. The average molecular weight is 486 g/mol. The number of esters is 2. The van der Waals surface area contributed by atoms with Crippen molar-refractivity contribution in [1.82, 2.24) is 0 Å². The van der Waals surface area contributed by atoms with Gasteiger partial charge in [-0.05, 0) is 42.7 Å². The molecule has 0 aromatic heterocycles. The van der Waals surface area contributed by atoms with Crippen LogP contribution in [0.5, 0.6) is 0 Å². The third-order valence-electron chi connectivity index (χ3n) is 4.69. The van der Waals surface area contributed by atoms with Crippen LogP contribution in [0, 0.1) is 0 Å². The first-order valence-electron chi connectivity index (χ1n) is 9.69. The van der Waals surface area contributed by atoms with Crippen molar-refractivity contribution in [3.63, 3.8) is 0 Å². The number of ether oxygens (including phenoxy) is 2. The van der Waals surface area contributed by atoms with Gasteiger partial charge in [0, 0.05) is 12.1 Å². The first-order valence-corrected chi connectivity index (χ1v) is 11.9. The second-order valence-corrected chi connectivity index (χ2v) is 9.48. The van der Waals surface area contributed by atoms with E-state index in [-0.39, 0.29) is 33.5 Å². The van der Waals surface area contributed by atoms with E-state index in [2.05, 4.69) is 11.6 Å². The van der Waals surface area contributed by atoms with Crippen molar-refractivity contribution in [2.75, 3.05) is 11.3 Å². The maximum Gasteiger partial charge on any atom is 0.347 e. The largest absolute Gasteiger partial charge is 0.463 e. The number of carbonyl (C=O) groups is 2. The third-order valence-corrected chi connectivity index (χ3v) is 6.85. The highest BCUT2D eigenvalue weighted by Gasteiger charge is 2.32. The maximum absolute atomic E-state index is 12.9. The summed E-state index contributed by atoms with van der Waals surface area (Å²) >= 11 is 12.2. The zero-order chi connectivity index (χ0) is 22.6. The van der Waals surface area contributed by atoms with Crippen LogP contribution in [0.3, 0.4) is 0 Å². The van der Waals surface area contributed by atoms with Crippen LogP contribution in [0.1, 0.15) is 42.1 Å². The van der Waals surface area contributed by atoms with Crippen molar-refractivity contribution in [1.29, 1.82) is 0 Å². The van der Waals surface area contributed by atoms with Crippen molar-refractivity contribution < 1.29 is 27.5 Å². The molecule has 166 valence electrons. The fourth-order valence-electron chi connectivity index (χ4n) is 3.00. The van der Waals surface area contributed by atoms with Gasteiger partial charge in [-0.1, -0.05) is 48.7 Å². The summed E-state index contributed by atoms with van der Waals surface area (Å²) in [5.41, 5.74) is 1.23. The highest BCUT2D eigenvalue weighted by atomic mass is 35.5. The molecule has 1 aliphatic rings. The molecule has 0 amide bonds. The van der Waals surface area contributed by atoms with Crippen molar-refractivity contribution in [2.45, 2.75) is 43.6 Å². The number of hydrogen-bond acceptors (Lipinski definition) is 6. The van der Waals surface area contributed by atoms with E-state index in [9.17, 15) is 18.0 Å². The molecular weight excluding hydrogens is 465 g/mol. The fourth-order valence-corrected chi connectivity index (χ4v) is 4.91. The van der Waals surface area contributed by atoms with Crippen LogP contribution >= 0.6 is 23.2 Å². The summed E-state index contributed by atoms with van der Waals surface area (Å²) in [6.45, 7) is 2.24. The molecule has 0 radical (unpaired) electrons. The molecule has 3 rings (SSSR count). The van der Waals surface area contributed by atoms with Crippen LogP contribution < -0.4 is 4.72 Å². The van der Waals surface area contributed by atoms with Gasteiger partial charge in [-0.15, -0.1) is 0 Å². The maximum atomic E-state index is 12.9. The number of halogens is 2. The average Bonchev–Trinajstić information content (AvgIpc) is 3.11. The minimum atomic E-state index is -4.12. The second kappa shape index (κ2) is 9.89. The van der Waals surface area contributed by atoms with Gasteiger partial charge in [-0.2, -0.15) is 0 Å². The van der Waals surface area contributed by atoms with Crippen LogP contribution in [0.15, 0.2) is 41.3 Å². The normalized spacial score (nSPS) is 16.1. The fraction of sp³-hybridized carbons (Fsp3) is 0.333. The smallest absolute Gasteiger partial charge is 0.347 e. The monoisotopic (exact) mass is 485 g/mol. The molecule has 1 N–H and O–H groups in total. The predicted octanol–water partition coefficient (Wildman–Crippen LogP) is 4.61. The van der Waals surface area contributed by atoms with Crippen molar-refractivity contribution in [3.8, 4) is 0 Å². The highest BCUT2D eigenvalue weighted by molar-refractivity contribution is 7.92. The van der Waals surface area contributed by atoms with Gasteiger partial charge >= 0.3 is 11.9 Å². The van der Waals surface area contributed by atoms with E-state index in [0.717, 1.165) is 37.0 Å². The molecule has 1 unspecified atom stereocenters. The SMILES string of the molecule is CCCCc1ccc(NS(=O)(=O)c2cc(C(=O)OC3CCOC3=O)c(Cl)cc2Cl)cc1. The van der Waals surface area contributed by atoms with E-state index in [1.165, 1.54) is 0 Å². The quantitative estimate of drug-likeness (QED) is 0.548. The van der Waals surface area contributed by atoms with Gasteiger partial charge in [0.25, 0.3) is 10.0 Å². The molecule has 31 heavy (non-hydrogen) atoms. The Morgan fingerprint density at radius 3 is 2.52 bits per heavy atom. The van der Waals surface area contributed by atoms with E-state index < -0.39 is 28.1 Å². The number of aryl methyl sites for hydroxylation is 1. The lowest BCUT2D eigenvalue weighted by Gasteiger charge is -2.14. The van der Waals surface area contributed by atoms with Gasteiger partial charge in [0.05, 0.1) is 22.2 Å². The summed E-state index contributed by atoms with van der Waals surface area (Å²) in [4.78, 5) is 23.7. The van der Waals surface area contributed by atoms with Crippen molar-refractivity contribution >= 4 is 50.9 Å². The molecule has 2 aromatic rings. The van der Waals surface area contributed by atoms with Crippen LogP contribution in [0.4, 0.5) is 5.69 Å². The first-order chi connectivity index (χ1) is 14.7. The molecule has 1 atom stereocenters. The number of anilines is 1. The minimum Gasteiger partial charge on any atom is -0.463 e. The van der Waals surface area contributed by atoms with Gasteiger partial charge in [-0.25, -0.2) is 18.0 Å². The summed E-state index contributed by atoms with van der Waals surface area (Å²) in [5.74, 6) is -1.60. The zero-order valence-electron chi connectivity index (χ0n) is 16.7. The minimum absolute atomic E-state index is 0.0967. The predicted molar refractivity (Wildman–Crippen MR) is 117 cm³/mol. The van der Waals surface area contributed by atoms with Gasteiger partial charge in [-0.3, -0.25) is 4.72 Å². The van der Waals surface area contributed by atoms with Crippen molar-refractivity contribution in [3.05, 3.63) is 57.6 Å². The van der Waals surface area contributed by atoms with Crippen LogP contribution in [0.25, 0.3) is 0 Å². The standard InChI is InChI=1S/C21H21Cl2NO6S/c1-2-3-4-13-5-7-14(8-6-13)24-31(27,28)19-11-15(16(22)12-17(19)23)20(25)30-18-9-10-29-21(18)26/h5-8,11-12,18,24H,2-4,9-10H2,1H3. The van der Waals surface area contributed by atoms with Gasteiger partial charge in [0.2, 0.25) is 6.10 Å². The van der Waals surface area contributed by atoms with E-state index >= 15 is 0 Å². The number of hydrogen-bond donors (Lipinski definition) is 1. The topological polar surface area (TPSA) is 98.8 Å². The highest BCUT2D eigenvalue weighted by Crippen LogP contribution is 2.31. The summed E-state index contributed by atoms with van der Waals surface area (Å²) in [5, 5.41) is -0.255. The van der Waals surface area contributed by atoms with E-state index in [4.69, 9.17) is 32.7 Å². The number of nitrogens with one attached hydrogen (secondary N) is 1. The molecule has 1 fully saturated rings. The molecule has 7 nitrogen and oxygen atoms in total. The summed E-state index contributed by atoms with van der Waals surface area (Å²) < 4.78 is 38.1. The molecule has 1 heterocycles.